The van der Waals surface area contributed by atoms with Gasteiger partial charge in [-0.3, -0.25) is 4.98 Å². The van der Waals surface area contributed by atoms with Gasteiger partial charge in [-0.05, 0) is 130 Å². The van der Waals surface area contributed by atoms with Crippen molar-refractivity contribution in [3.8, 4) is 152 Å². The molecule has 0 bridgehead atoms. The SMILES string of the molecule is CC1(C)c2ccccc2-c2nc(-c3ccc(-c4ccccc4)cc3)nc(-c3ccc(-n4c5ccccc5c5ccccc54)cc3)c21.CC1(C)c2ccccc2-c2nc(-c3ccc(-c4ccccn4)cc3)nc(-c3ccc(-n4c5ccccc5c5ccccc54)cc3)c21.CC1(C)c2ccccc2-c2nc(-c3cccc(-c4ccccc4)c3)nc(-c3ccc(-n4c5ccccc5c5ccccc54)cc3)c21. The van der Waals surface area contributed by atoms with Crippen LogP contribution >= 0.6 is 0 Å². The molecule has 7 heterocycles. The van der Waals surface area contributed by atoms with E-state index in [-0.39, 0.29) is 16.2 Å². The van der Waals surface area contributed by atoms with Crippen LogP contribution in [-0.4, -0.2) is 48.6 Å². The van der Waals surface area contributed by atoms with Crippen LogP contribution in [0.5, 0.6) is 0 Å². The second-order valence-electron chi connectivity index (χ2n) is 37.8. The van der Waals surface area contributed by atoms with Gasteiger partial charge in [0.15, 0.2) is 17.5 Å². The van der Waals surface area contributed by atoms with Gasteiger partial charge in [0.1, 0.15) is 0 Å². The molecule has 24 aromatic rings. The van der Waals surface area contributed by atoms with Crippen LogP contribution in [0.15, 0.2) is 449 Å². The fraction of sp³-hybridized carbons (Fsp3) is 0.0703. The zero-order valence-corrected chi connectivity index (χ0v) is 77.2. The number of hydrogen-bond acceptors (Lipinski definition) is 7. The van der Waals surface area contributed by atoms with E-state index in [1.165, 1.54) is 132 Å². The second-order valence-corrected chi connectivity index (χ2v) is 37.8. The van der Waals surface area contributed by atoms with Crippen LogP contribution in [0.25, 0.3) is 218 Å². The highest BCUT2D eigenvalue weighted by Gasteiger charge is 2.44. The Morgan fingerprint density at radius 1 is 0.181 bits per heavy atom. The predicted octanol–water partition coefficient (Wildman–Crippen LogP) is 32.0. The Morgan fingerprint density at radius 3 is 0.761 bits per heavy atom. The second kappa shape index (κ2) is 33.0. The van der Waals surface area contributed by atoms with Gasteiger partial charge < -0.3 is 13.7 Å². The quantitative estimate of drug-likeness (QED) is 0.120. The summed E-state index contributed by atoms with van der Waals surface area (Å²) in [5, 5.41) is 7.56. The summed E-state index contributed by atoms with van der Waals surface area (Å²) >= 11 is 0. The van der Waals surface area contributed by atoms with E-state index in [0.29, 0.717) is 0 Å². The summed E-state index contributed by atoms with van der Waals surface area (Å²) in [7, 11) is 0. The van der Waals surface area contributed by atoms with Crippen molar-refractivity contribution in [1.29, 1.82) is 0 Å². The molecule has 0 unspecified atom stereocenters. The molecule has 0 aliphatic heterocycles. The lowest BCUT2D eigenvalue weighted by molar-refractivity contribution is 0.657. The number of rotatable bonds is 12. The van der Waals surface area contributed by atoms with Crippen molar-refractivity contribution >= 4 is 65.4 Å². The highest BCUT2D eigenvalue weighted by Crippen LogP contribution is 2.56. The van der Waals surface area contributed by atoms with Crippen LogP contribution in [0.3, 0.4) is 0 Å². The molecule has 3 aliphatic carbocycles. The fourth-order valence-electron chi connectivity index (χ4n) is 22.0. The lowest BCUT2D eigenvalue weighted by Gasteiger charge is -2.24. The van der Waals surface area contributed by atoms with E-state index in [0.717, 1.165) is 119 Å². The van der Waals surface area contributed by atoms with Gasteiger partial charge in [0.25, 0.3) is 0 Å². The number of aromatic nitrogens is 10. The Balaban J connectivity index is 0.000000110. The van der Waals surface area contributed by atoms with E-state index < -0.39 is 0 Å². The lowest BCUT2D eigenvalue weighted by Crippen LogP contribution is -2.17. The molecular formula is C128H92N10. The van der Waals surface area contributed by atoms with Gasteiger partial charge in [0.05, 0.1) is 73.0 Å². The number of pyridine rings is 1. The predicted molar refractivity (Wildman–Crippen MR) is 569 cm³/mol. The van der Waals surface area contributed by atoms with Crippen LogP contribution < -0.4 is 0 Å². The summed E-state index contributed by atoms with van der Waals surface area (Å²) in [6, 6.07) is 157. The smallest absolute Gasteiger partial charge is 0.160 e. The molecule has 0 saturated carbocycles. The summed E-state index contributed by atoms with van der Waals surface area (Å²) in [6.45, 7) is 13.8. The molecule has 0 amide bonds. The molecule has 138 heavy (non-hydrogen) atoms. The van der Waals surface area contributed by atoms with Crippen molar-refractivity contribution in [3.05, 3.63) is 482 Å². The lowest BCUT2D eigenvalue weighted by atomic mass is 9.81. The maximum atomic E-state index is 5.37. The average molecular weight is 1770 g/mol. The summed E-state index contributed by atoms with van der Waals surface area (Å²) in [5.41, 5.74) is 39.8. The van der Waals surface area contributed by atoms with E-state index in [1.54, 1.807) is 0 Å². The van der Waals surface area contributed by atoms with Crippen LogP contribution in [0.4, 0.5) is 0 Å². The number of para-hydroxylation sites is 6. The van der Waals surface area contributed by atoms with Crippen molar-refractivity contribution in [1.82, 2.24) is 48.6 Å². The number of fused-ring (bicyclic) bond motifs is 18. The van der Waals surface area contributed by atoms with E-state index in [2.05, 4.69) is 479 Å². The molecule has 0 atom stereocenters. The first kappa shape index (κ1) is 82.4. The third-order valence-corrected chi connectivity index (χ3v) is 28.7. The molecule has 0 radical (unpaired) electrons. The molecule has 7 aromatic heterocycles. The minimum atomic E-state index is -0.242. The molecule has 0 saturated heterocycles. The Labute approximate surface area is 801 Å². The van der Waals surface area contributed by atoms with Gasteiger partial charge in [-0.25, -0.2) is 29.9 Å². The zero-order valence-electron chi connectivity index (χ0n) is 77.2. The molecule has 0 N–H and O–H groups in total. The van der Waals surface area contributed by atoms with E-state index >= 15 is 0 Å². The monoisotopic (exact) mass is 1770 g/mol. The minimum absolute atomic E-state index is 0.234. The Hall–Kier alpha value is -17.5. The first-order valence-electron chi connectivity index (χ1n) is 47.4. The van der Waals surface area contributed by atoms with Gasteiger partial charge in [-0.15, -0.1) is 0 Å². The first-order chi connectivity index (χ1) is 67.7. The van der Waals surface area contributed by atoms with Crippen molar-refractivity contribution < 1.29 is 0 Å². The van der Waals surface area contributed by atoms with Crippen LogP contribution in [-0.2, 0) is 16.2 Å². The maximum Gasteiger partial charge on any atom is 0.160 e. The Bertz CT molecular complexity index is 8410. The van der Waals surface area contributed by atoms with Gasteiger partial charge in [0.2, 0.25) is 0 Å². The van der Waals surface area contributed by atoms with Crippen LogP contribution in [0.2, 0.25) is 0 Å². The molecule has 10 heteroatoms. The zero-order chi connectivity index (χ0) is 92.5. The Kier molecular flexibility index (Phi) is 19.7. The summed E-state index contributed by atoms with van der Waals surface area (Å²) in [5.74, 6) is 2.21. The highest BCUT2D eigenvalue weighted by molar-refractivity contribution is 6.12. The molecule has 3 aliphatic rings. The van der Waals surface area contributed by atoms with E-state index in [1.807, 2.05) is 30.5 Å². The largest absolute Gasteiger partial charge is 0.309 e. The topological polar surface area (TPSA) is 105 Å². The maximum absolute atomic E-state index is 5.37. The minimum Gasteiger partial charge on any atom is -0.309 e. The van der Waals surface area contributed by atoms with Crippen LogP contribution in [0.1, 0.15) is 74.9 Å². The molecular weight excluding hydrogens is 1680 g/mol. The number of hydrogen-bond donors (Lipinski definition) is 0. The van der Waals surface area contributed by atoms with Crippen molar-refractivity contribution in [2.75, 3.05) is 0 Å². The number of benzene rings is 17. The van der Waals surface area contributed by atoms with Crippen molar-refractivity contribution in [3.63, 3.8) is 0 Å². The van der Waals surface area contributed by atoms with E-state index in [9.17, 15) is 0 Å². The Morgan fingerprint density at radius 2 is 0.428 bits per heavy atom. The third kappa shape index (κ3) is 13.7. The summed E-state index contributed by atoms with van der Waals surface area (Å²) in [6.07, 6.45) is 1.82. The standard InChI is InChI=1S/2C43H31N3.C42H30N4/c1-43(2)36-20-9-6-19-35(36)41-39(43)40(44-42(45-41)31-16-12-15-30(27-31)28-13-4-3-5-14-28)29-23-25-32(26-24-29)46-37-21-10-7-17-33(37)34-18-8-11-22-38(34)46;1-43(2)36-17-9-6-16-35(36)41-39(43)40(44-42(45-41)31-22-20-29(21-23-31)28-12-4-3-5-13-28)30-24-26-32(27-25-30)46-37-18-10-7-14-33(37)34-15-8-11-19-38(34)46;1-42(2)34-14-6-3-13-33(34)40-38(42)39(44-41(45-40)29-20-18-27(19-21-29)35-15-9-10-26-43-35)28-22-24-30(25-23-28)46-36-16-7-4-11-31(36)32-12-5-8-17-37(32)46/h2*3-27H,1-2H3;3-26H,1-2H3. The fourth-order valence-corrected chi connectivity index (χ4v) is 22.0. The molecule has 0 fully saturated rings. The molecule has 0 spiro atoms. The molecule has 17 aromatic carbocycles. The van der Waals surface area contributed by atoms with Crippen molar-refractivity contribution in [2.24, 2.45) is 0 Å². The summed E-state index contributed by atoms with van der Waals surface area (Å²) < 4.78 is 7.07. The van der Waals surface area contributed by atoms with Gasteiger partial charge in [-0.2, -0.15) is 0 Å². The van der Waals surface area contributed by atoms with Gasteiger partial charge >= 0.3 is 0 Å². The highest BCUT2D eigenvalue weighted by atomic mass is 15.0. The molecule has 10 nitrogen and oxygen atoms in total. The molecule has 654 valence electrons. The van der Waals surface area contributed by atoms with Crippen LogP contribution in [0, 0.1) is 0 Å². The molecule has 27 rings (SSSR count). The van der Waals surface area contributed by atoms with E-state index in [4.69, 9.17) is 29.9 Å². The van der Waals surface area contributed by atoms with Gasteiger partial charge in [-0.1, -0.05) is 393 Å². The number of nitrogens with zero attached hydrogens (tertiary/aromatic N) is 10. The van der Waals surface area contributed by atoms with Gasteiger partial charge in [0, 0.05) is 144 Å². The van der Waals surface area contributed by atoms with Crippen molar-refractivity contribution in [2.45, 2.75) is 57.8 Å². The average Bonchev–Trinajstić information content (AvgIpc) is 1.56. The third-order valence-electron chi connectivity index (χ3n) is 28.7. The summed E-state index contributed by atoms with van der Waals surface area (Å²) in [4.78, 5) is 36.4. The normalized spacial score (nSPS) is 13.2. The first-order valence-corrected chi connectivity index (χ1v) is 47.4.